The zero-order valence-electron chi connectivity index (χ0n) is 9.13. The van der Waals surface area contributed by atoms with Gasteiger partial charge in [0, 0.05) is 15.4 Å². The maximum absolute atomic E-state index is 10.7. The molecular weight excluding hydrogens is 287 g/mol. The Morgan fingerprint density at radius 1 is 1.19 bits per heavy atom. The first-order valence-electron chi connectivity index (χ1n) is 5.06. The van der Waals surface area contributed by atoms with Crippen LogP contribution in [0.15, 0.2) is 34.8 Å². The SMILES string of the molecule is CC.O=Cc1cc(Br)c2ccccc2c1Cl. The zero-order chi connectivity index (χ0) is 12.1. The molecule has 0 N–H and O–H groups in total. The van der Waals surface area contributed by atoms with Crippen molar-refractivity contribution in [1.29, 1.82) is 0 Å². The van der Waals surface area contributed by atoms with Crippen LogP contribution in [0.3, 0.4) is 0 Å². The maximum atomic E-state index is 10.7. The van der Waals surface area contributed by atoms with Crippen LogP contribution in [0.5, 0.6) is 0 Å². The molecule has 2 rings (SSSR count). The summed E-state index contributed by atoms with van der Waals surface area (Å²) in [7, 11) is 0. The molecule has 0 heterocycles. The first kappa shape index (κ1) is 13.2. The van der Waals surface area contributed by atoms with E-state index in [1.165, 1.54) is 0 Å². The van der Waals surface area contributed by atoms with Gasteiger partial charge in [0.2, 0.25) is 0 Å². The van der Waals surface area contributed by atoms with Gasteiger partial charge >= 0.3 is 0 Å². The number of fused-ring (bicyclic) bond motifs is 1. The Hall–Kier alpha value is -0.860. The Morgan fingerprint density at radius 3 is 2.31 bits per heavy atom. The lowest BCUT2D eigenvalue weighted by Crippen LogP contribution is -1.85. The molecule has 0 spiro atoms. The second kappa shape index (κ2) is 6.02. The maximum Gasteiger partial charge on any atom is 0.151 e. The molecule has 0 aliphatic carbocycles. The highest BCUT2D eigenvalue weighted by Crippen LogP contribution is 2.32. The number of benzene rings is 2. The van der Waals surface area contributed by atoms with Crippen molar-refractivity contribution in [3.63, 3.8) is 0 Å². The molecule has 3 heteroatoms. The summed E-state index contributed by atoms with van der Waals surface area (Å²) < 4.78 is 0.889. The molecule has 16 heavy (non-hydrogen) atoms. The molecule has 0 saturated heterocycles. The van der Waals surface area contributed by atoms with Gasteiger partial charge in [-0.05, 0) is 11.5 Å². The molecule has 0 radical (unpaired) electrons. The van der Waals surface area contributed by atoms with Crippen LogP contribution >= 0.6 is 27.5 Å². The topological polar surface area (TPSA) is 17.1 Å². The van der Waals surface area contributed by atoms with E-state index in [1.807, 2.05) is 38.1 Å². The van der Waals surface area contributed by atoms with Crippen LogP contribution in [0, 0.1) is 0 Å². The van der Waals surface area contributed by atoms with E-state index in [0.29, 0.717) is 10.6 Å². The van der Waals surface area contributed by atoms with Crippen molar-refractivity contribution >= 4 is 44.6 Å². The van der Waals surface area contributed by atoms with Crippen molar-refractivity contribution < 1.29 is 4.79 Å². The van der Waals surface area contributed by atoms with Gasteiger partial charge < -0.3 is 0 Å². The van der Waals surface area contributed by atoms with E-state index in [1.54, 1.807) is 6.07 Å². The lowest BCUT2D eigenvalue weighted by atomic mass is 10.1. The summed E-state index contributed by atoms with van der Waals surface area (Å²) in [5, 5.41) is 2.42. The van der Waals surface area contributed by atoms with Crippen molar-refractivity contribution in [2.45, 2.75) is 13.8 Å². The summed E-state index contributed by atoms with van der Waals surface area (Å²) >= 11 is 9.47. The molecule has 0 aromatic heterocycles. The van der Waals surface area contributed by atoms with Crippen LogP contribution in [-0.4, -0.2) is 6.29 Å². The monoisotopic (exact) mass is 298 g/mol. The average Bonchev–Trinajstić information content (AvgIpc) is 2.36. The van der Waals surface area contributed by atoms with Crippen molar-refractivity contribution in [2.24, 2.45) is 0 Å². The molecular formula is C13H12BrClO. The first-order valence-corrected chi connectivity index (χ1v) is 6.23. The Morgan fingerprint density at radius 2 is 1.75 bits per heavy atom. The Labute approximate surface area is 109 Å². The lowest BCUT2D eigenvalue weighted by Gasteiger charge is -2.04. The summed E-state index contributed by atoms with van der Waals surface area (Å²) in [6, 6.07) is 9.42. The molecule has 0 aliphatic rings. The van der Waals surface area contributed by atoms with Gasteiger partial charge in [-0.15, -0.1) is 0 Å². The number of hydrogen-bond acceptors (Lipinski definition) is 1. The molecule has 0 atom stereocenters. The second-order valence-electron chi connectivity index (χ2n) is 2.93. The summed E-state index contributed by atoms with van der Waals surface area (Å²) in [6.07, 6.45) is 0.763. The zero-order valence-corrected chi connectivity index (χ0v) is 11.5. The van der Waals surface area contributed by atoms with Crippen LogP contribution in [0.25, 0.3) is 10.8 Å². The number of hydrogen-bond donors (Lipinski definition) is 0. The molecule has 0 saturated carbocycles. The van der Waals surface area contributed by atoms with Crippen LogP contribution in [0.2, 0.25) is 5.02 Å². The van der Waals surface area contributed by atoms with E-state index in [-0.39, 0.29) is 0 Å². The normalized spacial score (nSPS) is 9.50. The molecule has 1 nitrogen and oxygen atoms in total. The molecule has 2 aromatic rings. The van der Waals surface area contributed by atoms with E-state index >= 15 is 0 Å². The largest absolute Gasteiger partial charge is 0.298 e. The highest BCUT2D eigenvalue weighted by molar-refractivity contribution is 9.10. The number of carbonyl (C=O) groups is 1. The number of halogens is 2. The predicted octanol–water partition coefficient (Wildman–Crippen LogP) is 5.09. The molecule has 0 unspecified atom stereocenters. The van der Waals surface area contributed by atoms with Crippen LogP contribution < -0.4 is 0 Å². The molecule has 84 valence electrons. The van der Waals surface area contributed by atoms with Gasteiger partial charge in [0.05, 0.1) is 5.02 Å². The third-order valence-corrected chi connectivity index (χ3v) is 3.16. The average molecular weight is 300 g/mol. The third kappa shape index (κ3) is 2.45. The van der Waals surface area contributed by atoms with Gasteiger partial charge in [-0.3, -0.25) is 4.79 Å². The minimum Gasteiger partial charge on any atom is -0.298 e. The summed E-state index contributed by atoms with van der Waals surface area (Å²) in [6.45, 7) is 4.00. The van der Waals surface area contributed by atoms with Crippen LogP contribution in [0.1, 0.15) is 24.2 Å². The quantitative estimate of drug-likeness (QED) is 0.670. The fourth-order valence-electron chi connectivity index (χ4n) is 1.40. The second-order valence-corrected chi connectivity index (χ2v) is 4.16. The van der Waals surface area contributed by atoms with E-state index in [9.17, 15) is 4.79 Å². The van der Waals surface area contributed by atoms with Crippen molar-refractivity contribution in [1.82, 2.24) is 0 Å². The number of rotatable bonds is 1. The predicted molar refractivity (Wildman–Crippen MR) is 73.4 cm³/mol. The lowest BCUT2D eigenvalue weighted by molar-refractivity contribution is 0.112. The van der Waals surface area contributed by atoms with E-state index in [2.05, 4.69) is 15.9 Å². The van der Waals surface area contributed by atoms with Gasteiger partial charge in [0.25, 0.3) is 0 Å². The van der Waals surface area contributed by atoms with E-state index in [0.717, 1.165) is 21.5 Å². The highest BCUT2D eigenvalue weighted by Gasteiger charge is 2.07. The fraction of sp³-hybridized carbons (Fsp3) is 0.154. The molecule has 0 bridgehead atoms. The first-order chi connectivity index (χ1) is 7.74. The van der Waals surface area contributed by atoms with Crippen LogP contribution in [-0.2, 0) is 0 Å². The van der Waals surface area contributed by atoms with Gasteiger partial charge in [0.15, 0.2) is 6.29 Å². The standard InChI is InChI=1S/C11H6BrClO.C2H6/c12-10-5-7(6-14)11(13)9-4-2-1-3-8(9)10;1-2/h1-6H;1-2H3. The Balaban J connectivity index is 0.000000606. The minimum absolute atomic E-state index is 0.511. The molecule has 0 aliphatic heterocycles. The summed E-state index contributed by atoms with van der Waals surface area (Å²) in [5.41, 5.74) is 0.511. The Bertz CT molecular complexity index is 509. The van der Waals surface area contributed by atoms with E-state index in [4.69, 9.17) is 11.6 Å². The van der Waals surface area contributed by atoms with Crippen molar-refractivity contribution in [2.75, 3.05) is 0 Å². The van der Waals surface area contributed by atoms with Crippen molar-refractivity contribution in [3.05, 3.63) is 45.4 Å². The third-order valence-electron chi connectivity index (χ3n) is 2.08. The van der Waals surface area contributed by atoms with Gasteiger partial charge in [-0.2, -0.15) is 0 Å². The van der Waals surface area contributed by atoms with Gasteiger partial charge in [-0.1, -0.05) is 65.6 Å². The Kier molecular flexibility index (Phi) is 4.97. The number of aldehydes is 1. The molecule has 0 fully saturated rings. The smallest absolute Gasteiger partial charge is 0.151 e. The van der Waals surface area contributed by atoms with Gasteiger partial charge in [-0.25, -0.2) is 0 Å². The molecule has 2 aromatic carbocycles. The summed E-state index contributed by atoms with van der Waals surface area (Å²) in [5.74, 6) is 0. The minimum atomic E-state index is 0.511. The number of carbonyl (C=O) groups excluding carboxylic acids is 1. The summed E-state index contributed by atoms with van der Waals surface area (Å²) in [4.78, 5) is 10.7. The van der Waals surface area contributed by atoms with Crippen molar-refractivity contribution in [3.8, 4) is 0 Å². The fourth-order valence-corrected chi connectivity index (χ4v) is 2.26. The van der Waals surface area contributed by atoms with Gasteiger partial charge in [0.1, 0.15) is 0 Å². The van der Waals surface area contributed by atoms with E-state index < -0.39 is 0 Å². The highest BCUT2D eigenvalue weighted by atomic mass is 79.9. The van der Waals surface area contributed by atoms with Crippen LogP contribution in [0.4, 0.5) is 0 Å². The molecule has 0 amide bonds.